The Morgan fingerprint density at radius 1 is 1.17 bits per heavy atom. The molecule has 0 saturated carbocycles. The van der Waals surface area contributed by atoms with E-state index >= 15 is 0 Å². The third-order valence-electron chi connectivity index (χ3n) is 5.02. The second kappa shape index (κ2) is 8.86. The van der Waals surface area contributed by atoms with Crippen LogP contribution in [0.1, 0.15) is 37.3 Å². The summed E-state index contributed by atoms with van der Waals surface area (Å²) >= 11 is 0. The van der Waals surface area contributed by atoms with Gasteiger partial charge in [-0.2, -0.15) is 0 Å². The van der Waals surface area contributed by atoms with Crippen molar-refractivity contribution >= 4 is 21.6 Å². The molecule has 1 amide bonds. The number of carbonyl (C=O) groups excluding carboxylic acids is 1. The first-order valence-electron chi connectivity index (χ1n) is 9.85. The molecular formula is C22H28N2O4S. The largest absolute Gasteiger partial charge is 0.476 e. The van der Waals surface area contributed by atoms with Crippen molar-refractivity contribution in [3.63, 3.8) is 0 Å². The topological polar surface area (TPSA) is 75.7 Å². The number of hydrogen-bond acceptors (Lipinski definition) is 4. The molecule has 0 fully saturated rings. The van der Waals surface area contributed by atoms with E-state index in [1.54, 1.807) is 24.3 Å². The maximum Gasteiger partial charge on any atom is 0.263 e. The Labute approximate surface area is 172 Å². The van der Waals surface area contributed by atoms with Gasteiger partial charge >= 0.3 is 0 Å². The van der Waals surface area contributed by atoms with Crippen LogP contribution >= 0.6 is 0 Å². The van der Waals surface area contributed by atoms with Gasteiger partial charge < -0.3 is 10.1 Å². The van der Waals surface area contributed by atoms with Crippen molar-refractivity contribution in [1.82, 2.24) is 5.32 Å². The Morgan fingerprint density at radius 2 is 1.86 bits per heavy atom. The fourth-order valence-electron chi connectivity index (χ4n) is 3.34. The summed E-state index contributed by atoms with van der Waals surface area (Å²) in [4.78, 5) is 12.6. The lowest BCUT2D eigenvalue weighted by atomic mass is 10.0. The van der Waals surface area contributed by atoms with Crippen LogP contribution in [-0.2, 0) is 21.2 Å². The van der Waals surface area contributed by atoms with Crippen molar-refractivity contribution < 1.29 is 17.9 Å². The minimum absolute atomic E-state index is 0.0294. The van der Waals surface area contributed by atoms with Gasteiger partial charge in [-0.1, -0.05) is 50.2 Å². The molecule has 0 aliphatic carbocycles. The molecule has 1 heterocycles. The molecule has 3 rings (SSSR count). The van der Waals surface area contributed by atoms with Crippen molar-refractivity contribution in [2.75, 3.05) is 23.7 Å². The molecule has 1 N–H and O–H groups in total. The zero-order valence-electron chi connectivity index (χ0n) is 17.1. The van der Waals surface area contributed by atoms with Crippen molar-refractivity contribution in [2.24, 2.45) is 0 Å². The van der Waals surface area contributed by atoms with Crippen molar-refractivity contribution in [3.8, 4) is 5.75 Å². The Bertz CT molecular complexity index is 955. The number of fused-ring (bicyclic) bond motifs is 1. The molecule has 0 bridgehead atoms. The summed E-state index contributed by atoms with van der Waals surface area (Å²) < 4.78 is 31.3. The number of benzene rings is 2. The molecule has 29 heavy (non-hydrogen) atoms. The Morgan fingerprint density at radius 3 is 2.52 bits per heavy atom. The number of para-hydroxylation sites is 2. The van der Waals surface area contributed by atoms with Gasteiger partial charge in [-0.05, 0) is 42.0 Å². The SMILES string of the molecule is CC(C)c1ccc(CCCNC(=O)C2CN(S(C)(=O)=O)c3ccccc3O2)cc1. The average molecular weight is 417 g/mol. The van der Waals surface area contributed by atoms with Gasteiger partial charge in [0.2, 0.25) is 10.0 Å². The minimum Gasteiger partial charge on any atom is -0.476 e. The van der Waals surface area contributed by atoms with Gasteiger partial charge in [0.25, 0.3) is 5.91 Å². The van der Waals surface area contributed by atoms with Crippen LogP contribution in [0.2, 0.25) is 0 Å². The number of anilines is 1. The molecule has 1 atom stereocenters. The zero-order valence-corrected chi connectivity index (χ0v) is 17.9. The number of rotatable bonds is 7. The van der Waals surface area contributed by atoms with Crippen molar-refractivity contribution in [1.29, 1.82) is 0 Å². The molecule has 1 aliphatic rings. The number of aryl methyl sites for hydroxylation is 1. The molecule has 0 saturated heterocycles. The van der Waals surface area contributed by atoms with Crippen molar-refractivity contribution in [2.45, 2.75) is 38.7 Å². The highest BCUT2D eigenvalue weighted by atomic mass is 32.2. The zero-order chi connectivity index (χ0) is 21.0. The van der Waals surface area contributed by atoms with Crippen LogP contribution in [0.5, 0.6) is 5.75 Å². The molecule has 0 spiro atoms. The number of sulfonamides is 1. The maximum atomic E-state index is 12.6. The van der Waals surface area contributed by atoms with Crippen LogP contribution in [0.4, 0.5) is 5.69 Å². The van der Waals surface area contributed by atoms with E-state index in [1.807, 2.05) is 0 Å². The van der Waals surface area contributed by atoms with E-state index in [0.717, 1.165) is 19.1 Å². The van der Waals surface area contributed by atoms with Gasteiger partial charge in [0, 0.05) is 6.54 Å². The number of ether oxygens (including phenoxy) is 1. The van der Waals surface area contributed by atoms with Gasteiger partial charge in [0.05, 0.1) is 18.5 Å². The van der Waals surface area contributed by atoms with E-state index in [4.69, 9.17) is 4.74 Å². The molecule has 0 aromatic heterocycles. The van der Waals surface area contributed by atoms with Crippen LogP contribution < -0.4 is 14.4 Å². The molecular weight excluding hydrogens is 388 g/mol. The molecule has 0 radical (unpaired) electrons. The third-order valence-corrected chi connectivity index (χ3v) is 6.16. The van der Waals surface area contributed by atoms with E-state index in [9.17, 15) is 13.2 Å². The second-order valence-electron chi connectivity index (χ2n) is 7.66. The van der Waals surface area contributed by atoms with Gasteiger partial charge in [-0.25, -0.2) is 8.42 Å². The lowest BCUT2D eigenvalue weighted by Gasteiger charge is -2.33. The van der Waals surface area contributed by atoms with E-state index in [-0.39, 0.29) is 12.5 Å². The summed E-state index contributed by atoms with van der Waals surface area (Å²) in [5.74, 6) is 0.605. The van der Waals surface area contributed by atoms with E-state index < -0.39 is 16.1 Å². The highest BCUT2D eigenvalue weighted by molar-refractivity contribution is 7.92. The van der Waals surface area contributed by atoms with Gasteiger partial charge in [-0.15, -0.1) is 0 Å². The van der Waals surface area contributed by atoms with E-state index in [2.05, 4.69) is 43.4 Å². The number of amides is 1. The van der Waals surface area contributed by atoms with Gasteiger partial charge in [-0.3, -0.25) is 9.10 Å². The Balaban J connectivity index is 1.54. The lowest BCUT2D eigenvalue weighted by molar-refractivity contribution is -0.127. The predicted molar refractivity (Wildman–Crippen MR) is 115 cm³/mol. The van der Waals surface area contributed by atoms with Crippen LogP contribution in [-0.4, -0.2) is 39.8 Å². The molecule has 2 aromatic carbocycles. The minimum atomic E-state index is -3.50. The highest BCUT2D eigenvalue weighted by Crippen LogP contribution is 2.34. The molecule has 1 unspecified atom stereocenters. The fourth-order valence-corrected chi connectivity index (χ4v) is 4.25. The van der Waals surface area contributed by atoms with E-state index in [0.29, 0.717) is 23.9 Å². The van der Waals surface area contributed by atoms with Crippen molar-refractivity contribution in [3.05, 3.63) is 59.7 Å². The average Bonchev–Trinajstić information content (AvgIpc) is 2.69. The number of nitrogens with one attached hydrogen (secondary N) is 1. The molecule has 7 heteroatoms. The van der Waals surface area contributed by atoms with Gasteiger partial charge in [0.1, 0.15) is 5.75 Å². The molecule has 2 aromatic rings. The Kier molecular flexibility index (Phi) is 6.47. The highest BCUT2D eigenvalue weighted by Gasteiger charge is 2.34. The maximum absolute atomic E-state index is 12.6. The molecule has 156 valence electrons. The van der Waals surface area contributed by atoms with Crippen LogP contribution in [0, 0.1) is 0 Å². The normalized spacial score (nSPS) is 16.3. The summed E-state index contributed by atoms with van der Waals surface area (Å²) in [5.41, 5.74) is 3.01. The summed E-state index contributed by atoms with van der Waals surface area (Å²) in [5, 5.41) is 2.87. The Hall–Kier alpha value is -2.54. The summed E-state index contributed by atoms with van der Waals surface area (Å²) in [6.07, 6.45) is 1.92. The van der Waals surface area contributed by atoms with Crippen LogP contribution in [0.3, 0.4) is 0 Å². The summed E-state index contributed by atoms with van der Waals surface area (Å²) in [6.45, 7) is 4.81. The number of hydrogen-bond donors (Lipinski definition) is 1. The monoisotopic (exact) mass is 416 g/mol. The first-order valence-corrected chi connectivity index (χ1v) is 11.7. The standard InChI is InChI=1S/C22H28N2O4S/c1-16(2)18-12-10-17(11-13-18)7-6-14-23-22(25)21-15-24(29(3,26)27)19-8-4-5-9-20(19)28-21/h4-5,8-13,16,21H,6-7,14-15H2,1-3H3,(H,23,25). The smallest absolute Gasteiger partial charge is 0.263 e. The van der Waals surface area contributed by atoms with Crippen LogP contribution in [0.15, 0.2) is 48.5 Å². The quantitative estimate of drug-likeness (QED) is 0.704. The number of nitrogens with zero attached hydrogens (tertiary/aromatic N) is 1. The second-order valence-corrected chi connectivity index (χ2v) is 9.57. The molecule has 6 nitrogen and oxygen atoms in total. The first-order chi connectivity index (χ1) is 13.8. The number of carbonyl (C=O) groups is 1. The van der Waals surface area contributed by atoms with E-state index in [1.165, 1.54) is 15.4 Å². The first kappa shape index (κ1) is 21.2. The summed E-state index contributed by atoms with van der Waals surface area (Å²) in [7, 11) is -3.50. The third kappa shape index (κ3) is 5.29. The van der Waals surface area contributed by atoms with Crippen LogP contribution in [0.25, 0.3) is 0 Å². The predicted octanol–water partition coefficient (Wildman–Crippen LogP) is 3.09. The van der Waals surface area contributed by atoms with Gasteiger partial charge in [0.15, 0.2) is 6.10 Å². The molecule has 1 aliphatic heterocycles. The summed E-state index contributed by atoms with van der Waals surface area (Å²) in [6, 6.07) is 15.4. The fraction of sp³-hybridized carbons (Fsp3) is 0.409. The lowest BCUT2D eigenvalue weighted by Crippen LogP contribution is -2.50.